The summed E-state index contributed by atoms with van der Waals surface area (Å²) in [6, 6.07) is 16.1. The van der Waals surface area contributed by atoms with Gasteiger partial charge in [0.05, 0.1) is 28.7 Å². The Kier molecular flexibility index (Phi) is 6.08. The van der Waals surface area contributed by atoms with E-state index in [4.69, 9.17) is 16.3 Å². The van der Waals surface area contributed by atoms with Crippen molar-refractivity contribution in [2.75, 3.05) is 12.0 Å². The number of amides is 1. The number of carbonyl (C=O) groups excluding carboxylic acids is 2. The summed E-state index contributed by atoms with van der Waals surface area (Å²) in [5.41, 5.74) is 1.35. The number of anilines is 1. The highest BCUT2D eigenvalue weighted by atomic mass is 35.5. The van der Waals surface area contributed by atoms with Crippen LogP contribution in [0.3, 0.4) is 0 Å². The van der Waals surface area contributed by atoms with E-state index in [0.717, 1.165) is 11.6 Å². The lowest BCUT2D eigenvalue weighted by Gasteiger charge is -2.27. The number of ether oxygens (including phenoxy) is 1. The standard InChI is InChI=1S/C25H19ClN2O6/c1-14-6-3-4-9-18(14)22-21(23(29)15-7-5-8-17(12-15)28(32)33)24(30)25(31)27(22)16-10-11-20(34-2)19(26)13-16/h3-13,22,29H,1-2H3/b23-21+. The van der Waals surface area contributed by atoms with Crippen molar-refractivity contribution in [2.45, 2.75) is 13.0 Å². The summed E-state index contributed by atoms with van der Waals surface area (Å²) in [5, 5.41) is 22.6. The molecule has 4 rings (SSSR count). The molecule has 1 heterocycles. The number of hydrogen-bond donors (Lipinski definition) is 1. The van der Waals surface area contributed by atoms with Gasteiger partial charge in [-0.05, 0) is 36.2 Å². The average Bonchev–Trinajstić information content (AvgIpc) is 3.09. The lowest BCUT2D eigenvalue weighted by atomic mass is 9.92. The smallest absolute Gasteiger partial charge is 0.300 e. The van der Waals surface area contributed by atoms with Gasteiger partial charge in [0.25, 0.3) is 17.4 Å². The maximum Gasteiger partial charge on any atom is 0.300 e. The lowest BCUT2D eigenvalue weighted by Crippen LogP contribution is -2.29. The second-order valence-electron chi connectivity index (χ2n) is 7.65. The minimum absolute atomic E-state index is 0.0542. The Hall–Kier alpha value is -4.17. The van der Waals surface area contributed by atoms with E-state index in [9.17, 15) is 24.8 Å². The Morgan fingerprint density at radius 1 is 1.09 bits per heavy atom. The molecule has 3 aromatic rings. The molecule has 1 unspecified atom stereocenters. The second kappa shape index (κ2) is 8.99. The first kappa shape index (κ1) is 23.0. The molecule has 3 aromatic carbocycles. The predicted molar refractivity (Wildman–Crippen MR) is 127 cm³/mol. The Balaban J connectivity index is 1.97. The number of nitrogens with zero attached hydrogens (tertiary/aromatic N) is 2. The summed E-state index contributed by atoms with van der Waals surface area (Å²) in [5.74, 6) is -1.88. The summed E-state index contributed by atoms with van der Waals surface area (Å²) in [4.78, 5) is 38.3. The van der Waals surface area contributed by atoms with Crippen molar-refractivity contribution in [1.82, 2.24) is 0 Å². The molecule has 9 heteroatoms. The fourth-order valence-corrected chi connectivity index (χ4v) is 4.27. The van der Waals surface area contributed by atoms with Crippen molar-refractivity contribution in [3.05, 3.63) is 104 Å². The number of nitro groups is 1. The topological polar surface area (TPSA) is 110 Å². The van der Waals surface area contributed by atoms with Crippen molar-refractivity contribution < 1.29 is 24.4 Å². The van der Waals surface area contributed by atoms with E-state index in [1.807, 2.05) is 19.1 Å². The number of methoxy groups -OCH3 is 1. The number of nitro benzene ring substituents is 1. The predicted octanol–water partition coefficient (Wildman–Crippen LogP) is 5.19. The van der Waals surface area contributed by atoms with Gasteiger partial charge in [-0.1, -0.05) is 48.0 Å². The van der Waals surface area contributed by atoms with E-state index in [-0.39, 0.29) is 21.8 Å². The first-order chi connectivity index (χ1) is 16.2. The van der Waals surface area contributed by atoms with Crippen LogP contribution in [0.4, 0.5) is 11.4 Å². The van der Waals surface area contributed by atoms with Crippen LogP contribution < -0.4 is 9.64 Å². The van der Waals surface area contributed by atoms with Gasteiger partial charge in [-0.15, -0.1) is 0 Å². The van der Waals surface area contributed by atoms with Crippen molar-refractivity contribution >= 4 is 40.4 Å². The van der Waals surface area contributed by atoms with Crippen LogP contribution in [0, 0.1) is 17.0 Å². The first-order valence-corrected chi connectivity index (χ1v) is 10.6. The Labute approximate surface area is 199 Å². The molecule has 0 saturated carbocycles. The van der Waals surface area contributed by atoms with E-state index in [1.165, 1.54) is 36.3 Å². The number of aryl methyl sites for hydroxylation is 1. The van der Waals surface area contributed by atoms with Gasteiger partial charge in [0.15, 0.2) is 0 Å². The van der Waals surface area contributed by atoms with Crippen LogP contribution in [0.15, 0.2) is 72.3 Å². The number of non-ortho nitro benzene ring substituents is 1. The molecular weight excluding hydrogens is 460 g/mol. The Morgan fingerprint density at radius 3 is 2.47 bits per heavy atom. The molecule has 1 aliphatic heterocycles. The van der Waals surface area contributed by atoms with E-state index in [0.29, 0.717) is 17.0 Å². The fourth-order valence-electron chi connectivity index (χ4n) is 4.01. The third kappa shape index (κ3) is 3.88. The molecular formula is C25H19ClN2O6. The van der Waals surface area contributed by atoms with Crippen molar-refractivity contribution in [3.63, 3.8) is 0 Å². The zero-order valence-corrected chi connectivity index (χ0v) is 18.9. The quantitative estimate of drug-likeness (QED) is 0.177. The van der Waals surface area contributed by atoms with Gasteiger partial charge in [0.1, 0.15) is 11.5 Å². The number of rotatable bonds is 5. The number of aliphatic hydroxyl groups excluding tert-OH is 1. The minimum Gasteiger partial charge on any atom is -0.507 e. The third-order valence-corrected chi connectivity index (χ3v) is 5.97. The van der Waals surface area contributed by atoms with Crippen LogP contribution in [0.1, 0.15) is 22.7 Å². The van der Waals surface area contributed by atoms with Crippen molar-refractivity contribution in [3.8, 4) is 5.75 Å². The van der Waals surface area contributed by atoms with Crippen molar-refractivity contribution in [1.29, 1.82) is 0 Å². The Bertz CT molecular complexity index is 1370. The summed E-state index contributed by atoms with van der Waals surface area (Å²) >= 11 is 6.29. The maximum atomic E-state index is 13.2. The molecule has 8 nitrogen and oxygen atoms in total. The summed E-state index contributed by atoms with van der Waals surface area (Å²) in [7, 11) is 1.46. The van der Waals surface area contributed by atoms with Gasteiger partial charge in [-0.25, -0.2) is 0 Å². The molecule has 1 amide bonds. The Morgan fingerprint density at radius 2 is 1.82 bits per heavy atom. The molecule has 0 aromatic heterocycles. The van der Waals surface area contributed by atoms with Crippen LogP contribution >= 0.6 is 11.6 Å². The zero-order chi connectivity index (χ0) is 24.6. The maximum absolute atomic E-state index is 13.2. The molecule has 172 valence electrons. The largest absolute Gasteiger partial charge is 0.507 e. The van der Waals surface area contributed by atoms with Crippen LogP contribution in [-0.4, -0.2) is 28.8 Å². The lowest BCUT2D eigenvalue weighted by molar-refractivity contribution is -0.384. The van der Waals surface area contributed by atoms with Crippen LogP contribution in [0.25, 0.3) is 5.76 Å². The van der Waals surface area contributed by atoms with E-state index < -0.39 is 28.4 Å². The van der Waals surface area contributed by atoms with Crippen LogP contribution in [0.2, 0.25) is 5.02 Å². The fraction of sp³-hybridized carbons (Fsp3) is 0.120. The van der Waals surface area contributed by atoms with Gasteiger partial charge in [-0.2, -0.15) is 0 Å². The number of halogens is 1. The molecule has 1 fully saturated rings. The van der Waals surface area contributed by atoms with E-state index >= 15 is 0 Å². The summed E-state index contributed by atoms with van der Waals surface area (Å²) in [6.07, 6.45) is 0. The summed E-state index contributed by atoms with van der Waals surface area (Å²) < 4.78 is 5.18. The number of carbonyl (C=O) groups is 2. The minimum atomic E-state index is -0.982. The zero-order valence-electron chi connectivity index (χ0n) is 18.2. The van der Waals surface area contributed by atoms with Crippen LogP contribution in [-0.2, 0) is 9.59 Å². The number of Topliss-reactive ketones (excluding diaryl/α,β-unsaturated/α-hetero) is 1. The highest BCUT2D eigenvalue weighted by Gasteiger charge is 2.47. The van der Waals surface area contributed by atoms with Gasteiger partial charge >= 0.3 is 0 Å². The average molecular weight is 479 g/mol. The number of ketones is 1. The summed E-state index contributed by atoms with van der Waals surface area (Å²) in [6.45, 7) is 1.82. The highest BCUT2D eigenvalue weighted by Crippen LogP contribution is 2.44. The molecule has 1 N–H and O–H groups in total. The van der Waals surface area contributed by atoms with Crippen molar-refractivity contribution in [2.24, 2.45) is 0 Å². The molecule has 0 spiro atoms. The molecule has 34 heavy (non-hydrogen) atoms. The van der Waals surface area contributed by atoms with Gasteiger partial charge in [-0.3, -0.25) is 24.6 Å². The molecule has 0 radical (unpaired) electrons. The SMILES string of the molecule is COc1ccc(N2C(=O)C(=O)/C(=C(/O)c3cccc([N+](=O)[O-])c3)C2c2ccccc2C)cc1Cl. The number of aliphatic hydroxyl groups is 1. The van der Waals surface area contributed by atoms with Crippen LogP contribution in [0.5, 0.6) is 5.75 Å². The van der Waals surface area contributed by atoms with Gasteiger partial charge in [0.2, 0.25) is 0 Å². The molecule has 1 atom stereocenters. The third-order valence-electron chi connectivity index (χ3n) is 5.67. The monoisotopic (exact) mass is 478 g/mol. The normalized spacial score (nSPS) is 17.1. The number of benzene rings is 3. The van der Waals surface area contributed by atoms with Gasteiger partial charge < -0.3 is 9.84 Å². The van der Waals surface area contributed by atoms with Gasteiger partial charge in [0, 0.05) is 23.4 Å². The molecule has 0 aliphatic carbocycles. The molecule has 1 aliphatic rings. The van der Waals surface area contributed by atoms with E-state index in [1.54, 1.807) is 24.3 Å². The second-order valence-corrected chi connectivity index (χ2v) is 8.06. The van der Waals surface area contributed by atoms with E-state index in [2.05, 4.69) is 0 Å². The highest BCUT2D eigenvalue weighted by molar-refractivity contribution is 6.52. The first-order valence-electron chi connectivity index (χ1n) is 10.2. The molecule has 1 saturated heterocycles. The molecule has 0 bridgehead atoms. The number of hydrogen-bond acceptors (Lipinski definition) is 6.